The molecular formula is C37H23N3S. The van der Waals surface area contributed by atoms with Crippen LogP contribution in [-0.4, -0.2) is 15.0 Å². The second-order valence-electron chi connectivity index (χ2n) is 10.1. The number of nitrogens with zero attached hydrogens (tertiary/aromatic N) is 3. The molecule has 0 saturated carbocycles. The first-order chi connectivity index (χ1) is 20.3. The molecule has 0 N–H and O–H groups in total. The number of fused-ring (bicyclic) bond motifs is 2. The van der Waals surface area contributed by atoms with Gasteiger partial charge in [0.05, 0.1) is 0 Å². The summed E-state index contributed by atoms with van der Waals surface area (Å²) in [5, 5.41) is 2.64. The van der Waals surface area contributed by atoms with Gasteiger partial charge in [-0.05, 0) is 45.8 Å². The van der Waals surface area contributed by atoms with Gasteiger partial charge in [0, 0.05) is 31.9 Å². The van der Waals surface area contributed by atoms with E-state index in [0.717, 1.165) is 22.3 Å². The van der Waals surface area contributed by atoms with Gasteiger partial charge < -0.3 is 0 Å². The zero-order chi connectivity index (χ0) is 27.2. The molecule has 1 aliphatic rings. The lowest BCUT2D eigenvalue weighted by molar-refractivity contribution is 1.07. The quantitative estimate of drug-likeness (QED) is 0.222. The van der Waals surface area contributed by atoms with Crippen molar-refractivity contribution in [1.29, 1.82) is 0 Å². The third-order valence-corrected chi connectivity index (χ3v) is 8.63. The zero-order valence-corrected chi connectivity index (χ0v) is 22.8. The Morgan fingerprint density at radius 2 is 0.927 bits per heavy atom. The topological polar surface area (TPSA) is 38.7 Å². The van der Waals surface area contributed by atoms with Crippen LogP contribution in [0.4, 0.5) is 0 Å². The minimum Gasteiger partial charge on any atom is -0.208 e. The molecule has 1 aliphatic heterocycles. The van der Waals surface area contributed by atoms with Crippen molar-refractivity contribution >= 4 is 22.5 Å². The predicted molar refractivity (Wildman–Crippen MR) is 169 cm³/mol. The van der Waals surface area contributed by atoms with Gasteiger partial charge in [-0.1, -0.05) is 133 Å². The molecule has 0 spiro atoms. The van der Waals surface area contributed by atoms with E-state index in [1.165, 1.54) is 37.3 Å². The van der Waals surface area contributed by atoms with Crippen LogP contribution in [0.1, 0.15) is 0 Å². The number of hydrogen-bond acceptors (Lipinski definition) is 4. The highest BCUT2D eigenvalue weighted by molar-refractivity contribution is 7.99. The van der Waals surface area contributed by atoms with Crippen molar-refractivity contribution in [2.75, 3.05) is 0 Å². The first-order valence-electron chi connectivity index (χ1n) is 13.6. The zero-order valence-electron chi connectivity index (χ0n) is 22.0. The molecule has 41 heavy (non-hydrogen) atoms. The fourth-order valence-electron chi connectivity index (χ4n) is 5.52. The second kappa shape index (κ2) is 9.84. The lowest BCUT2D eigenvalue weighted by Crippen LogP contribution is -2.00. The van der Waals surface area contributed by atoms with Crippen LogP contribution in [0, 0.1) is 0 Å². The third-order valence-electron chi connectivity index (χ3n) is 7.51. The van der Waals surface area contributed by atoms with E-state index in [2.05, 4.69) is 78.9 Å². The Morgan fingerprint density at radius 3 is 1.63 bits per heavy atom. The molecule has 0 fully saturated rings. The molecule has 0 saturated heterocycles. The van der Waals surface area contributed by atoms with Gasteiger partial charge in [-0.25, -0.2) is 15.0 Å². The summed E-state index contributed by atoms with van der Waals surface area (Å²) in [5.74, 6) is 1.99. The first-order valence-corrected chi connectivity index (χ1v) is 14.4. The molecule has 4 heteroatoms. The highest BCUT2D eigenvalue weighted by Crippen LogP contribution is 2.48. The summed E-state index contributed by atoms with van der Waals surface area (Å²) in [5.41, 5.74) is 7.78. The number of benzene rings is 6. The lowest BCUT2D eigenvalue weighted by atomic mass is 9.95. The van der Waals surface area contributed by atoms with Crippen LogP contribution in [-0.2, 0) is 0 Å². The van der Waals surface area contributed by atoms with Crippen LogP contribution in [0.2, 0.25) is 0 Å². The third kappa shape index (κ3) is 4.30. The minimum atomic E-state index is 0.660. The van der Waals surface area contributed by atoms with Crippen LogP contribution in [0.15, 0.2) is 149 Å². The van der Waals surface area contributed by atoms with Gasteiger partial charge in [0.1, 0.15) is 0 Å². The molecule has 7 aromatic rings. The van der Waals surface area contributed by atoms with Gasteiger partial charge in [-0.3, -0.25) is 0 Å². The molecule has 0 aliphatic carbocycles. The van der Waals surface area contributed by atoms with Gasteiger partial charge >= 0.3 is 0 Å². The molecule has 2 heterocycles. The Hall–Kier alpha value is -5.06. The Kier molecular flexibility index (Phi) is 5.71. The molecule has 3 nitrogen and oxygen atoms in total. The molecule has 6 aromatic carbocycles. The summed E-state index contributed by atoms with van der Waals surface area (Å²) in [6, 6.07) is 48.6. The minimum absolute atomic E-state index is 0.660. The van der Waals surface area contributed by atoms with E-state index in [1.54, 1.807) is 0 Å². The van der Waals surface area contributed by atoms with Crippen LogP contribution >= 0.6 is 11.8 Å². The number of aromatic nitrogens is 3. The van der Waals surface area contributed by atoms with Gasteiger partial charge in [0.25, 0.3) is 0 Å². The van der Waals surface area contributed by atoms with E-state index in [-0.39, 0.29) is 0 Å². The van der Waals surface area contributed by atoms with Crippen LogP contribution in [0.3, 0.4) is 0 Å². The van der Waals surface area contributed by atoms with Gasteiger partial charge in [-0.2, -0.15) is 0 Å². The smallest absolute Gasteiger partial charge is 0.164 e. The molecule has 1 aromatic heterocycles. The number of rotatable bonds is 4. The van der Waals surface area contributed by atoms with Crippen molar-refractivity contribution in [2.24, 2.45) is 0 Å². The molecule has 0 bridgehead atoms. The fraction of sp³-hybridized carbons (Fsp3) is 0. The summed E-state index contributed by atoms with van der Waals surface area (Å²) in [6.45, 7) is 0. The second-order valence-corrected chi connectivity index (χ2v) is 11.2. The molecule has 8 rings (SSSR count). The highest BCUT2D eigenvalue weighted by atomic mass is 32.2. The van der Waals surface area contributed by atoms with Crippen molar-refractivity contribution in [2.45, 2.75) is 9.79 Å². The average Bonchev–Trinajstić information content (AvgIpc) is 3.05. The van der Waals surface area contributed by atoms with E-state index >= 15 is 0 Å². The molecular weight excluding hydrogens is 518 g/mol. The van der Waals surface area contributed by atoms with Crippen LogP contribution < -0.4 is 0 Å². The Labute approximate surface area is 242 Å². The lowest BCUT2D eigenvalue weighted by Gasteiger charge is -2.21. The van der Waals surface area contributed by atoms with Crippen molar-refractivity contribution in [3.05, 3.63) is 140 Å². The van der Waals surface area contributed by atoms with E-state index < -0.39 is 0 Å². The van der Waals surface area contributed by atoms with Gasteiger partial charge in [0.2, 0.25) is 0 Å². The van der Waals surface area contributed by atoms with E-state index in [9.17, 15) is 0 Å². The highest BCUT2D eigenvalue weighted by Gasteiger charge is 2.19. The van der Waals surface area contributed by atoms with Gasteiger partial charge in [0.15, 0.2) is 17.5 Å². The predicted octanol–water partition coefficient (Wildman–Crippen LogP) is 9.82. The van der Waals surface area contributed by atoms with Crippen molar-refractivity contribution in [3.8, 4) is 56.4 Å². The van der Waals surface area contributed by atoms with Crippen LogP contribution in [0.5, 0.6) is 0 Å². The van der Waals surface area contributed by atoms with E-state index in [0.29, 0.717) is 17.5 Å². The average molecular weight is 542 g/mol. The Bertz CT molecular complexity index is 2010. The summed E-state index contributed by atoms with van der Waals surface area (Å²) in [6.07, 6.45) is 0. The monoisotopic (exact) mass is 541 g/mol. The largest absolute Gasteiger partial charge is 0.208 e. The normalized spacial score (nSPS) is 11.8. The fourth-order valence-corrected chi connectivity index (χ4v) is 6.71. The SMILES string of the molecule is c1ccc(-c2nc(-c3ccccc3)nc(-c3cccc(-c4ccc5c(c4)Sc4cccc6cccc-5c46)c3)n2)cc1. The van der Waals surface area contributed by atoms with Crippen molar-refractivity contribution in [3.63, 3.8) is 0 Å². The summed E-state index contributed by atoms with van der Waals surface area (Å²) >= 11 is 1.85. The van der Waals surface area contributed by atoms with Gasteiger partial charge in [-0.15, -0.1) is 0 Å². The molecule has 192 valence electrons. The maximum Gasteiger partial charge on any atom is 0.164 e. The summed E-state index contributed by atoms with van der Waals surface area (Å²) < 4.78 is 0. The van der Waals surface area contributed by atoms with Crippen molar-refractivity contribution < 1.29 is 0 Å². The molecule has 0 amide bonds. The van der Waals surface area contributed by atoms with Crippen molar-refractivity contribution in [1.82, 2.24) is 15.0 Å². The Morgan fingerprint density at radius 1 is 0.366 bits per heavy atom. The van der Waals surface area contributed by atoms with Crippen LogP contribution in [0.25, 0.3) is 67.2 Å². The maximum atomic E-state index is 4.92. The molecule has 0 atom stereocenters. The Balaban J connectivity index is 1.23. The van der Waals surface area contributed by atoms with E-state index in [4.69, 9.17) is 15.0 Å². The maximum absolute atomic E-state index is 4.92. The molecule has 0 unspecified atom stereocenters. The number of hydrogen-bond donors (Lipinski definition) is 0. The molecule has 0 radical (unpaired) electrons. The standard InChI is InChI=1S/C37H23N3S/c1-3-10-25(11-4-1)35-38-36(26-12-5-2-6-13-26)40-37(39-35)29-17-7-16-27(22-29)28-20-21-30-31-18-8-14-24-15-9-19-32(34(24)31)41-33(30)23-28/h1-23H. The van der Waals surface area contributed by atoms with E-state index in [1.807, 2.05) is 72.4 Å². The summed E-state index contributed by atoms with van der Waals surface area (Å²) in [4.78, 5) is 17.3. The summed E-state index contributed by atoms with van der Waals surface area (Å²) in [7, 11) is 0. The first kappa shape index (κ1) is 23.8.